The Balaban J connectivity index is 2.06. The number of rotatable bonds is 3. The lowest BCUT2D eigenvalue weighted by molar-refractivity contribution is -0.140. The number of hydrogen-bond donors (Lipinski definition) is 1. The maximum absolute atomic E-state index is 13.1. The van der Waals surface area contributed by atoms with Gasteiger partial charge in [-0.25, -0.2) is 4.39 Å². The highest BCUT2D eigenvalue weighted by molar-refractivity contribution is 5.96. The van der Waals surface area contributed by atoms with Gasteiger partial charge < -0.3 is 5.32 Å². The maximum atomic E-state index is 13.1. The highest BCUT2D eigenvalue weighted by atomic mass is 19.4. The van der Waals surface area contributed by atoms with Crippen LogP contribution in [-0.2, 0) is 17.5 Å². The molecule has 0 heterocycles. The smallest absolute Gasteiger partial charge is 0.348 e. The number of benzene rings is 1. The molecule has 112 valence electrons. The Labute approximate surface area is 119 Å². The fourth-order valence-corrected chi connectivity index (χ4v) is 1.99. The molecular formula is C15H13F4NO. The summed E-state index contributed by atoms with van der Waals surface area (Å²) >= 11 is 0. The highest BCUT2D eigenvalue weighted by Gasteiger charge is 2.34. The van der Waals surface area contributed by atoms with Gasteiger partial charge in [-0.15, -0.1) is 0 Å². The fraction of sp³-hybridized carbons (Fsp3) is 0.267. The number of hydrogen-bond acceptors (Lipinski definition) is 1. The number of amides is 1. The second-order valence-corrected chi connectivity index (χ2v) is 4.83. The summed E-state index contributed by atoms with van der Waals surface area (Å²) in [6, 6.07) is 2.67. The first-order chi connectivity index (χ1) is 9.77. The van der Waals surface area contributed by atoms with E-state index in [0.29, 0.717) is 11.6 Å². The largest absolute Gasteiger partial charge is 0.419 e. The van der Waals surface area contributed by atoms with Crippen LogP contribution in [0, 0.1) is 11.7 Å². The SMILES string of the molecule is CC1C=CC(C(=O)NCc2ccc(F)c(C(F)(F)F)c2)=C1. The van der Waals surface area contributed by atoms with E-state index < -0.39 is 17.6 Å². The van der Waals surface area contributed by atoms with E-state index in [2.05, 4.69) is 5.32 Å². The van der Waals surface area contributed by atoms with Gasteiger partial charge in [0.2, 0.25) is 0 Å². The molecule has 0 bridgehead atoms. The molecule has 0 saturated carbocycles. The van der Waals surface area contributed by atoms with Gasteiger partial charge in [0.15, 0.2) is 0 Å². The first-order valence-corrected chi connectivity index (χ1v) is 6.31. The molecule has 1 atom stereocenters. The molecule has 0 fully saturated rings. The van der Waals surface area contributed by atoms with Crippen LogP contribution in [-0.4, -0.2) is 5.91 Å². The average Bonchev–Trinajstić information content (AvgIpc) is 2.83. The first kappa shape index (κ1) is 15.3. The van der Waals surface area contributed by atoms with Crippen LogP contribution < -0.4 is 5.32 Å². The summed E-state index contributed by atoms with van der Waals surface area (Å²) in [5, 5.41) is 2.51. The van der Waals surface area contributed by atoms with Gasteiger partial charge in [-0.05, 0) is 23.6 Å². The van der Waals surface area contributed by atoms with E-state index in [-0.39, 0.29) is 23.9 Å². The van der Waals surface area contributed by atoms with E-state index in [9.17, 15) is 22.4 Å². The number of allylic oxidation sites excluding steroid dienone is 2. The van der Waals surface area contributed by atoms with E-state index in [4.69, 9.17) is 0 Å². The molecular weight excluding hydrogens is 286 g/mol. The number of carbonyl (C=O) groups is 1. The highest BCUT2D eigenvalue weighted by Crippen LogP contribution is 2.31. The van der Waals surface area contributed by atoms with E-state index in [1.54, 1.807) is 12.2 Å². The Morgan fingerprint density at radius 3 is 2.62 bits per heavy atom. The minimum atomic E-state index is -4.75. The molecule has 21 heavy (non-hydrogen) atoms. The molecule has 1 aliphatic carbocycles. The summed E-state index contributed by atoms with van der Waals surface area (Å²) in [4.78, 5) is 11.8. The van der Waals surface area contributed by atoms with E-state index >= 15 is 0 Å². The van der Waals surface area contributed by atoms with Gasteiger partial charge in [-0.2, -0.15) is 13.2 Å². The molecule has 0 radical (unpaired) electrons. The van der Waals surface area contributed by atoms with E-state index in [1.165, 1.54) is 6.07 Å². The van der Waals surface area contributed by atoms with Gasteiger partial charge in [0.1, 0.15) is 5.82 Å². The third kappa shape index (κ3) is 3.71. The van der Waals surface area contributed by atoms with Crippen molar-refractivity contribution in [3.63, 3.8) is 0 Å². The van der Waals surface area contributed by atoms with Crippen molar-refractivity contribution in [3.05, 3.63) is 58.9 Å². The van der Waals surface area contributed by atoms with Gasteiger partial charge in [0, 0.05) is 12.1 Å². The van der Waals surface area contributed by atoms with Crippen molar-refractivity contribution in [2.24, 2.45) is 5.92 Å². The quantitative estimate of drug-likeness (QED) is 0.849. The third-order valence-corrected chi connectivity index (χ3v) is 3.07. The van der Waals surface area contributed by atoms with Crippen molar-refractivity contribution in [2.75, 3.05) is 0 Å². The predicted octanol–water partition coefficient (Wildman–Crippen LogP) is 3.59. The second kappa shape index (κ2) is 5.71. The number of nitrogens with one attached hydrogen (secondary N) is 1. The summed E-state index contributed by atoms with van der Waals surface area (Å²) in [5.74, 6) is -1.53. The fourth-order valence-electron chi connectivity index (χ4n) is 1.99. The molecule has 2 rings (SSSR count). The Morgan fingerprint density at radius 2 is 2.05 bits per heavy atom. The standard InChI is InChI=1S/C15H13F4NO/c1-9-2-4-11(6-9)14(21)20-8-10-3-5-13(16)12(7-10)15(17,18)19/h2-7,9H,8H2,1H3,(H,20,21). The first-order valence-electron chi connectivity index (χ1n) is 6.31. The topological polar surface area (TPSA) is 29.1 Å². The summed E-state index contributed by atoms with van der Waals surface area (Å²) < 4.78 is 50.8. The minimum absolute atomic E-state index is 0.0955. The maximum Gasteiger partial charge on any atom is 0.419 e. The molecule has 1 N–H and O–H groups in total. The van der Waals surface area contributed by atoms with Crippen molar-refractivity contribution in [1.29, 1.82) is 0 Å². The molecule has 0 spiro atoms. The molecule has 0 aromatic heterocycles. The lowest BCUT2D eigenvalue weighted by Gasteiger charge is -2.11. The van der Waals surface area contributed by atoms with E-state index in [1.807, 2.05) is 13.0 Å². The average molecular weight is 299 g/mol. The number of carbonyl (C=O) groups excluding carboxylic acids is 1. The van der Waals surface area contributed by atoms with Crippen LogP contribution >= 0.6 is 0 Å². The molecule has 1 aromatic rings. The summed E-state index contributed by atoms with van der Waals surface area (Å²) in [5.41, 5.74) is -0.670. The van der Waals surface area contributed by atoms with Gasteiger partial charge in [-0.3, -0.25) is 4.79 Å². The normalized spacial score (nSPS) is 17.8. The Morgan fingerprint density at radius 1 is 1.33 bits per heavy atom. The zero-order valence-corrected chi connectivity index (χ0v) is 11.2. The van der Waals surface area contributed by atoms with Crippen molar-refractivity contribution in [3.8, 4) is 0 Å². The lowest BCUT2D eigenvalue weighted by Crippen LogP contribution is -2.24. The van der Waals surface area contributed by atoms with Crippen LogP contribution in [0.5, 0.6) is 0 Å². The Kier molecular flexibility index (Phi) is 4.16. The van der Waals surface area contributed by atoms with Crippen LogP contribution in [0.4, 0.5) is 17.6 Å². The summed E-state index contributed by atoms with van der Waals surface area (Å²) in [7, 11) is 0. The number of halogens is 4. The summed E-state index contributed by atoms with van der Waals surface area (Å²) in [6.07, 6.45) is 0.498. The van der Waals surface area contributed by atoms with E-state index in [0.717, 1.165) is 6.07 Å². The summed E-state index contributed by atoms with van der Waals surface area (Å²) in [6.45, 7) is 1.81. The second-order valence-electron chi connectivity index (χ2n) is 4.83. The molecule has 1 unspecified atom stereocenters. The van der Waals surface area contributed by atoms with Crippen LogP contribution in [0.3, 0.4) is 0 Å². The van der Waals surface area contributed by atoms with Crippen molar-refractivity contribution in [2.45, 2.75) is 19.6 Å². The lowest BCUT2D eigenvalue weighted by atomic mass is 10.1. The molecule has 1 aromatic carbocycles. The van der Waals surface area contributed by atoms with Crippen LogP contribution in [0.2, 0.25) is 0 Å². The van der Waals surface area contributed by atoms with Gasteiger partial charge in [-0.1, -0.05) is 31.2 Å². The molecule has 2 nitrogen and oxygen atoms in total. The van der Waals surface area contributed by atoms with Crippen molar-refractivity contribution < 1.29 is 22.4 Å². The molecule has 6 heteroatoms. The van der Waals surface area contributed by atoms with Crippen molar-refractivity contribution in [1.82, 2.24) is 5.32 Å². The Bertz CT molecular complexity index is 617. The zero-order chi connectivity index (χ0) is 15.6. The molecule has 1 amide bonds. The Hall–Kier alpha value is -2.11. The molecule has 1 aliphatic rings. The van der Waals surface area contributed by atoms with Gasteiger partial charge >= 0.3 is 6.18 Å². The molecule has 0 aliphatic heterocycles. The van der Waals surface area contributed by atoms with Gasteiger partial charge in [0.25, 0.3) is 5.91 Å². The number of alkyl halides is 3. The monoisotopic (exact) mass is 299 g/mol. The predicted molar refractivity (Wildman–Crippen MR) is 69.6 cm³/mol. The molecule has 0 saturated heterocycles. The zero-order valence-electron chi connectivity index (χ0n) is 11.2. The third-order valence-electron chi connectivity index (χ3n) is 3.07. The van der Waals surface area contributed by atoms with Crippen LogP contribution in [0.25, 0.3) is 0 Å². The van der Waals surface area contributed by atoms with Crippen LogP contribution in [0.15, 0.2) is 42.0 Å². The van der Waals surface area contributed by atoms with Crippen LogP contribution in [0.1, 0.15) is 18.1 Å². The van der Waals surface area contributed by atoms with Gasteiger partial charge in [0.05, 0.1) is 5.56 Å². The minimum Gasteiger partial charge on any atom is -0.348 e. The van der Waals surface area contributed by atoms with Crippen molar-refractivity contribution >= 4 is 5.91 Å².